The highest BCUT2D eigenvalue weighted by atomic mass is 28.4. The van der Waals surface area contributed by atoms with Crippen LogP contribution in [0.4, 0.5) is 0 Å². The van der Waals surface area contributed by atoms with E-state index in [1.165, 1.54) is 111 Å². The molecule has 2 aliphatic heterocycles. The first-order chi connectivity index (χ1) is 15.1. The molecule has 0 aliphatic carbocycles. The lowest BCUT2D eigenvalue weighted by atomic mass is 10.1. The van der Waals surface area contributed by atoms with Crippen LogP contribution in [0.5, 0.6) is 0 Å². The summed E-state index contributed by atoms with van der Waals surface area (Å²) >= 11 is 0. The Bertz CT molecular complexity index is 432. The molecule has 0 bridgehead atoms. The molecule has 8 heteroatoms. The molecule has 2 rings (SSSR count). The van der Waals surface area contributed by atoms with Gasteiger partial charge in [-0.3, -0.25) is 9.80 Å². The lowest BCUT2D eigenvalue weighted by Gasteiger charge is -2.38. The minimum Gasteiger partial charge on any atom is -0.377 e. The standard InChI is InChI=1S/C23H50N4O3Si/c1-5-24-13-15-26(16-14-24)21-22-27-19-17-25(18-20-27)12-10-8-6-7-9-11-23-31(28-2,29-3)30-4/h5-23H2,1-4H3. The second-order valence-corrected chi connectivity index (χ2v) is 12.2. The number of piperazine rings is 2. The highest BCUT2D eigenvalue weighted by molar-refractivity contribution is 6.60. The summed E-state index contributed by atoms with van der Waals surface area (Å²) in [5, 5.41) is 0. The van der Waals surface area contributed by atoms with Gasteiger partial charge in [0.2, 0.25) is 0 Å². The zero-order valence-corrected chi connectivity index (χ0v) is 21.9. The van der Waals surface area contributed by atoms with E-state index < -0.39 is 8.80 Å². The van der Waals surface area contributed by atoms with Crippen LogP contribution in [0.3, 0.4) is 0 Å². The van der Waals surface area contributed by atoms with Crippen LogP contribution in [0.25, 0.3) is 0 Å². The first kappa shape index (κ1) is 27.2. The molecule has 184 valence electrons. The zero-order chi connectivity index (χ0) is 22.4. The molecule has 0 aromatic carbocycles. The van der Waals surface area contributed by atoms with Crippen LogP contribution in [-0.2, 0) is 13.3 Å². The Morgan fingerprint density at radius 2 is 0.903 bits per heavy atom. The van der Waals surface area contributed by atoms with Gasteiger partial charge in [0.1, 0.15) is 0 Å². The number of unbranched alkanes of at least 4 members (excludes halogenated alkanes) is 5. The Labute approximate surface area is 193 Å². The van der Waals surface area contributed by atoms with Crippen LogP contribution in [0.1, 0.15) is 45.4 Å². The quantitative estimate of drug-likeness (QED) is 0.260. The van der Waals surface area contributed by atoms with Crippen molar-refractivity contribution in [3.63, 3.8) is 0 Å². The van der Waals surface area contributed by atoms with Gasteiger partial charge >= 0.3 is 8.80 Å². The number of hydrogen-bond donors (Lipinski definition) is 0. The lowest BCUT2D eigenvalue weighted by Crippen LogP contribution is -2.51. The van der Waals surface area contributed by atoms with Crippen LogP contribution in [0.15, 0.2) is 0 Å². The van der Waals surface area contributed by atoms with Crippen molar-refractivity contribution in [2.75, 3.05) is 99.9 Å². The highest BCUT2D eigenvalue weighted by Crippen LogP contribution is 2.18. The van der Waals surface area contributed by atoms with Gasteiger partial charge in [-0.1, -0.05) is 32.6 Å². The van der Waals surface area contributed by atoms with Crippen molar-refractivity contribution in [3.8, 4) is 0 Å². The predicted octanol–water partition coefficient (Wildman–Crippen LogP) is 2.46. The van der Waals surface area contributed by atoms with E-state index >= 15 is 0 Å². The van der Waals surface area contributed by atoms with E-state index in [-0.39, 0.29) is 0 Å². The van der Waals surface area contributed by atoms with Crippen molar-refractivity contribution in [3.05, 3.63) is 0 Å². The number of likely N-dealkylation sites (N-methyl/N-ethyl adjacent to an activating group) is 1. The summed E-state index contributed by atoms with van der Waals surface area (Å²) in [7, 11) is 2.75. The molecule has 7 nitrogen and oxygen atoms in total. The summed E-state index contributed by atoms with van der Waals surface area (Å²) in [6, 6.07) is 0.926. The molecule has 2 saturated heterocycles. The van der Waals surface area contributed by atoms with Crippen molar-refractivity contribution >= 4 is 8.80 Å². The molecule has 31 heavy (non-hydrogen) atoms. The third-order valence-electron chi connectivity index (χ3n) is 7.25. The predicted molar refractivity (Wildman–Crippen MR) is 131 cm³/mol. The molecule has 2 heterocycles. The normalized spacial score (nSPS) is 20.5. The number of rotatable bonds is 16. The van der Waals surface area contributed by atoms with Gasteiger partial charge in [0.15, 0.2) is 0 Å². The van der Waals surface area contributed by atoms with Crippen molar-refractivity contribution in [1.29, 1.82) is 0 Å². The van der Waals surface area contributed by atoms with Gasteiger partial charge in [0.25, 0.3) is 0 Å². The van der Waals surface area contributed by atoms with Crippen LogP contribution in [-0.4, -0.2) is 128 Å². The van der Waals surface area contributed by atoms with Crippen molar-refractivity contribution in [2.45, 2.75) is 51.5 Å². The topological polar surface area (TPSA) is 40.7 Å². The molecular weight excluding hydrogens is 408 g/mol. The van der Waals surface area contributed by atoms with E-state index in [1.54, 1.807) is 21.3 Å². The monoisotopic (exact) mass is 458 g/mol. The maximum Gasteiger partial charge on any atom is 0.500 e. The van der Waals surface area contributed by atoms with E-state index in [0.29, 0.717) is 0 Å². The Morgan fingerprint density at radius 1 is 0.516 bits per heavy atom. The van der Waals surface area contributed by atoms with E-state index in [9.17, 15) is 0 Å². The Kier molecular flexibility index (Phi) is 13.8. The Hall–Kier alpha value is -0.0631. The van der Waals surface area contributed by atoms with Crippen LogP contribution < -0.4 is 0 Å². The zero-order valence-electron chi connectivity index (χ0n) is 20.9. The summed E-state index contributed by atoms with van der Waals surface area (Å²) < 4.78 is 16.5. The maximum atomic E-state index is 5.49. The molecule has 0 N–H and O–H groups in total. The molecule has 2 aliphatic rings. The molecule has 0 atom stereocenters. The van der Waals surface area contributed by atoms with Crippen molar-refractivity contribution < 1.29 is 13.3 Å². The molecule has 0 saturated carbocycles. The lowest BCUT2D eigenvalue weighted by molar-refractivity contribution is 0.0957. The first-order valence-corrected chi connectivity index (χ1v) is 14.6. The second kappa shape index (κ2) is 15.7. The summed E-state index contributed by atoms with van der Waals surface area (Å²) in [5.74, 6) is 0. The maximum absolute atomic E-state index is 5.49. The fourth-order valence-electron chi connectivity index (χ4n) is 4.79. The molecule has 0 spiro atoms. The minimum atomic E-state index is -2.36. The smallest absolute Gasteiger partial charge is 0.377 e. The first-order valence-electron chi connectivity index (χ1n) is 12.7. The van der Waals surface area contributed by atoms with Gasteiger partial charge < -0.3 is 23.1 Å². The van der Waals surface area contributed by atoms with Crippen molar-refractivity contribution in [2.24, 2.45) is 0 Å². The summed E-state index contributed by atoms with van der Waals surface area (Å²) in [4.78, 5) is 10.6. The minimum absolute atomic E-state index is 0.926. The molecule has 0 aromatic rings. The number of nitrogens with zero attached hydrogens (tertiary/aromatic N) is 4. The molecule has 0 unspecified atom stereocenters. The van der Waals surface area contributed by atoms with Gasteiger partial charge in [0, 0.05) is 92.8 Å². The van der Waals surface area contributed by atoms with E-state index in [4.69, 9.17) is 13.3 Å². The second-order valence-electron chi connectivity index (χ2n) is 9.13. The van der Waals surface area contributed by atoms with Gasteiger partial charge in [-0.05, 0) is 25.9 Å². The fraction of sp³-hybridized carbons (Fsp3) is 1.00. The summed E-state index contributed by atoms with van der Waals surface area (Å²) in [6.45, 7) is 17.3. The Morgan fingerprint density at radius 3 is 1.35 bits per heavy atom. The third kappa shape index (κ3) is 10.2. The van der Waals surface area contributed by atoms with E-state index in [1.807, 2.05) is 0 Å². The van der Waals surface area contributed by atoms with Gasteiger partial charge in [0.05, 0.1) is 0 Å². The molecule has 0 aromatic heterocycles. The van der Waals surface area contributed by atoms with E-state index in [2.05, 4.69) is 26.5 Å². The third-order valence-corrected chi connectivity index (χ3v) is 10.1. The van der Waals surface area contributed by atoms with E-state index in [0.717, 1.165) is 12.5 Å². The average molecular weight is 459 g/mol. The highest BCUT2D eigenvalue weighted by Gasteiger charge is 2.36. The molecular formula is C23H50N4O3Si. The SMILES string of the molecule is CCN1CCN(CCN2CCN(CCCCCCCC[Si](OC)(OC)OC)CC2)CC1. The van der Waals surface area contributed by atoms with Gasteiger partial charge in [-0.25, -0.2) is 0 Å². The van der Waals surface area contributed by atoms with Crippen LogP contribution in [0, 0.1) is 0 Å². The largest absolute Gasteiger partial charge is 0.500 e. The van der Waals surface area contributed by atoms with Crippen molar-refractivity contribution in [1.82, 2.24) is 19.6 Å². The van der Waals surface area contributed by atoms with Crippen LogP contribution in [0.2, 0.25) is 6.04 Å². The average Bonchev–Trinajstić information content (AvgIpc) is 2.83. The summed E-state index contributed by atoms with van der Waals surface area (Å²) in [6.07, 6.45) is 7.73. The summed E-state index contributed by atoms with van der Waals surface area (Å²) in [5.41, 5.74) is 0. The number of hydrogen-bond acceptors (Lipinski definition) is 7. The fourth-order valence-corrected chi connectivity index (χ4v) is 6.58. The molecule has 0 amide bonds. The van der Waals surface area contributed by atoms with Crippen LogP contribution >= 0.6 is 0 Å². The Balaban J connectivity index is 1.42. The van der Waals surface area contributed by atoms with Gasteiger partial charge in [-0.2, -0.15) is 0 Å². The molecule has 0 radical (unpaired) electrons. The molecule has 2 fully saturated rings. The van der Waals surface area contributed by atoms with Gasteiger partial charge in [-0.15, -0.1) is 0 Å².